The molecule has 1 aliphatic carbocycles. The summed E-state index contributed by atoms with van der Waals surface area (Å²) < 4.78 is 10.2. The Balaban J connectivity index is 1.40. The lowest BCUT2D eigenvalue weighted by Crippen LogP contribution is -2.23. The molecule has 1 fully saturated rings. The van der Waals surface area contributed by atoms with Gasteiger partial charge in [0.2, 0.25) is 0 Å². The minimum Gasteiger partial charge on any atom is -0.393 e. The van der Waals surface area contributed by atoms with Crippen LogP contribution in [0.4, 0.5) is 0 Å². The Kier molecular flexibility index (Phi) is 5.96. The lowest BCUT2D eigenvalue weighted by atomic mass is 9.93. The summed E-state index contributed by atoms with van der Waals surface area (Å²) in [5, 5.41) is 13.3. The highest BCUT2D eigenvalue weighted by Gasteiger charge is 2.39. The summed E-state index contributed by atoms with van der Waals surface area (Å²) in [6.45, 7) is 10.6. The van der Waals surface area contributed by atoms with Crippen LogP contribution in [0.2, 0.25) is 25.7 Å². The lowest BCUT2D eigenvalue weighted by Gasteiger charge is -2.16. The summed E-state index contributed by atoms with van der Waals surface area (Å²) in [7, 11) is -1.11. The third-order valence-electron chi connectivity index (χ3n) is 6.64. The fourth-order valence-electron chi connectivity index (χ4n) is 4.81. The standard InChI is InChI=1S/C23H33N7O2Si/c1-5-17-13-18(32-29-9-6-8-25-29)14-19(17)22-27-26-21-15-24-23-20(30(21)22)7-10-28(23)16-31-11-12-33(2,3)4/h6-10,15,17-19H,5,11-14,16H2,1-4H3/t17-,18-,19+/m1/s1. The Morgan fingerprint density at radius 2 is 2.03 bits per heavy atom. The highest BCUT2D eigenvalue weighted by atomic mass is 28.3. The van der Waals surface area contributed by atoms with Crippen LogP contribution in [0.5, 0.6) is 0 Å². The van der Waals surface area contributed by atoms with Gasteiger partial charge in [-0.25, -0.2) is 4.98 Å². The van der Waals surface area contributed by atoms with Gasteiger partial charge in [-0.3, -0.25) is 4.40 Å². The number of nitrogens with zero attached hydrogens (tertiary/aromatic N) is 7. The molecule has 3 atom stereocenters. The van der Waals surface area contributed by atoms with Crippen molar-refractivity contribution >= 4 is 24.9 Å². The Morgan fingerprint density at radius 1 is 1.15 bits per heavy atom. The van der Waals surface area contributed by atoms with E-state index in [-0.39, 0.29) is 12.0 Å². The molecule has 0 aliphatic heterocycles. The fourth-order valence-corrected chi connectivity index (χ4v) is 5.57. The highest BCUT2D eigenvalue weighted by molar-refractivity contribution is 6.76. The molecule has 0 amide bonds. The number of hydrogen-bond acceptors (Lipinski definition) is 6. The maximum Gasteiger partial charge on any atom is 0.179 e. The Bertz CT molecular complexity index is 1210. The van der Waals surface area contributed by atoms with Crippen LogP contribution in [0.3, 0.4) is 0 Å². The van der Waals surface area contributed by atoms with Gasteiger partial charge in [-0.05, 0) is 36.9 Å². The molecule has 4 aromatic rings. The quantitative estimate of drug-likeness (QED) is 0.273. The van der Waals surface area contributed by atoms with E-state index < -0.39 is 8.07 Å². The van der Waals surface area contributed by atoms with Gasteiger partial charge in [0.1, 0.15) is 18.7 Å². The number of rotatable bonds is 9. The molecule has 1 aliphatic rings. The van der Waals surface area contributed by atoms with Crippen LogP contribution < -0.4 is 4.84 Å². The van der Waals surface area contributed by atoms with Gasteiger partial charge in [-0.1, -0.05) is 33.0 Å². The average Bonchev–Trinajstić information content (AvgIpc) is 3.55. The van der Waals surface area contributed by atoms with Crippen molar-refractivity contribution < 1.29 is 9.57 Å². The summed E-state index contributed by atoms with van der Waals surface area (Å²) in [5.74, 6) is 1.74. The second-order valence-electron chi connectivity index (χ2n) is 10.2. The number of hydrogen-bond donors (Lipinski definition) is 0. The molecule has 5 rings (SSSR count). The van der Waals surface area contributed by atoms with Crippen LogP contribution in [0.1, 0.15) is 37.9 Å². The fraction of sp³-hybridized carbons (Fsp3) is 0.565. The second-order valence-corrected chi connectivity index (χ2v) is 15.9. The van der Waals surface area contributed by atoms with Crippen molar-refractivity contribution in [3.05, 3.63) is 42.7 Å². The highest BCUT2D eigenvalue weighted by Crippen LogP contribution is 2.42. The zero-order chi connectivity index (χ0) is 23.0. The molecule has 0 bridgehead atoms. The van der Waals surface area contributed by atoms with Gasteiger partial charge in [-0.2, -0.15) is 0 Å². The molecule has 176 valence electrons. The van der Waals surface area contributed by atoms with Crippen molar-refractivity contribution in [2.75, 3.05) is 6.61 Å². The van der Waals surface area contributed by atoms with Crippen molar-refractivity contribution in [3.8, 4) is 0 Å². The van der Waals surface area contributed by atoms with E-state index in [1.165, 1.54) is 0 Å². The maximum absolute atomic E-state index is 6.08. The second kappa shape index (κ2) is 8.90. The van der Waals surface area contributed by atoms with E-state index in [0.717, 1.165) is 54.5 Å². The van der Waals surface area contributed by atoms with Crippen LogP contribution in [-0.2, 0) is 11.5 Å². The number of ether oxygens (including phenoxy) is 1. The van der Waals surface area contributed by atoms with Gasteiger partial charge in [0, 0.05) is 26.8 Å². The van der Waals surface area contributed by atoms with E-state index in [0.29, 0.717) is 12.6 Å². The minimum atomic E-state index is -1.11. The lowest BCUT2D eigenvalue weighted by molar-refractivity contribution is 0.0166. The first kappa shape index (κ1) is 22.1. The molecule has 1 saturated carbocycles. The molecule has 0 radical (unpaired) electrons. The van der Waals surface area contributed by atoms with Crippen LogP contribution in [-0.4, -0.2) is 54.9 Å². The van der Waals surface area contributed by atoms with Crippen molar-refractivity contribution in [3.63, 3.8) is 0 Å². The van der Waals surface area contributed by atoms with Gasteiger partial charge in [0.05, 0.1) is 24.1 Å². The van der Waals surface area contributed by atoms with Crippen molar-refractivity contribution in [2.24, 2.45) is 5.92 Å². The zero-order valence-electron chi connectivity index (χ0n) is 19.9. The van der Waals surface area contributed by atoms with Gasteiger partial charge in [0.15, 0.2) is 11.3 Å². The normalized spacial score (nSPS) is 21.4. The summed E-state index contributed by atoms with van der Waals surface area (Å²) in [6, 6.07) is 5.12. The van der Waals surface area contributed by atoms with Gasteiger partial charge < -0.3 is 14.1 Å². The van der Waals surface area contributed by atoms with Gasteiger partial charge >= 0.3 is 0 Å². The van der Waals surface area contributed by atoms with Gasteiger partial charge in [0.25, 0.3) is 0 Å². The molecule has 9 nitrogen and oxygen atoms in total. The third kappa shape index (κ3) is 4.54. The van der Waals surface area contributed by atoms with Gasteiger partial charge in [-0.15, -0.1) is 20.1 Å². The van der Waals surface area contributed by atoms with Crippen LogP contribution in [0, 0.1) is 5.92 Å². The molecular formula is C23H33N7O2Si. The topological polar surface area (TPSA) is 84.3 Å². The molecule has 0 N–H and O–H groups in total. The molecule has 0 spiro atoms. The Morgan fingerprint density at radius 3 is 2.79 bits per heavy atom. The summed E-state index contributed by atoms with van der Waals surface area (Å²) in [4.78, 5) is 12.3. The molecule has 0 unspecified atom stereocenters. The third-order valence-corrected chi connectivity index (χ3v) is 8.35. The largest absolute Gasteiger partial charge is 0.393 e. The first-order chi connectivity index (χ1) is 15.9. The molecule has 0 saturated heterocycles. The zero-order valence-corrected chi connectivity index (χ0v) is 20.9. The summed E-state index contributed by atoms with van der Waals surface area (Å²) in [5.41, 5.74) is 2.70. The van der Waals surface area contributed by atoms with Crippen molar-refractivity contribution in [1.82, 2.24) is 34.1 Å². The molecule has 10 heteroatoms. The molecule has 0 aromatic carbocycles. The number of fused-ring (bicyclic) bond motifs is 3. The van der Waals surface area contributed by atoms with E-state index >= 15 is 0 Å². The Labute approximate surface area is 194 Å². The molecule has 33 heavy (non-hydrogen) atoms. The smallest absolute Gasteiger partial charge is 0.179 e. The van der Waals surface area contributed by atoms with Crippen LogP contribution in [0.25, 0.3) is 16.8 Å². The van der Waals surface area contributed by atoms with E-state index in [2.05, 4.69) is 61.9 Å². The summed E-state index contributed by atoms with van der Waals surface area (Å²) >= 11 is 0. The van der Waals surface area contributed by atoms with E-state index in [1.54, 1.807) is 11.0 Å². The minimum absolute atomic E-state index is 0.105. The predicted octanol–water partition coefficient (Wildman–Crippen LogP) is 3.99. The molecular weight excluding hydrogens is 434 g/mol. The van der Waals surface area contributed by atoms with E-state index in [4.69, 9.17) is 9.57 Å². The maximum atomic E-state index is 6.08. The van der Waals surface area contributed by atoms with Crippen LogP contribution >= 0.6 is 0 Å². The summed E-state index contributed by atoms with van der Waals surface area (Å²) in [6.07, 6.45) is 10.5. The first-order valence-corrected chi connectivity index (χ1v) is 15.6. The Hall–Kier alpha value is -2.72. The molecule has 4 aromatic heterocycles. The van der Waals surface area contributed by atoms with E-state index in [1.807, 2.05) is 24.7 Å². The predicted molar refractivity (Wildman–Crippen MR) is 129 cm³/mol. The first-order valence-electron chi connectivity index (χ1n) is 11.9. The van der Waals surface area contributed by atoms with Crippen molar-refractivity contribution in [2.45, 2.75) is 70.6 Å². The van der Waals surface area contributed by atoms with Crippen LogP contribution in [0.15, 0.2) is 36.9 Å². The number of aromatic nitrogens is 7. The van der Waals surface area contributed by atoms with E-state index in [9.17, 15) is 0 Å². The molecule has 4 heterocycles. The monoisotopic (exact) mass is 467 g/mol. The van der Waals surface area contributed by atoms with Crippen molar-refractivity contribution in [1.29, 1.82) is 0 Å². The SMILES string of the molecule is CC[C@@H]1C[C@@H](On2cccn2)C[C@@H]1c1nnc2cnc3c(ccn3COCC[Si](C)(C)C)n12. The average molecular weight is 468 g/mol.